The van der Waals surface area contributed by atoms with Gasteiger partial charge in [0.25, 0.3) is 0 Å². The average molecular weight is 322 g/mol. The molecule has 23 heavy (non-hydrogen) atoms. The van der Waals surface area contributed by atoms with Gasteiger partial charge < -0.3 is 19.7 Å². The van der Waals surface area contributed by atoms with Gasteiger partial charge >= 0.3 is 12.1 Å². The first-order valence-corrected chi connectivity index (χ1v) is 7.55. The number of rotatable bonds is 6. The monoisotopic (exact) mass is 322 g/mol. The van der Waals surface area contributed by atoms with Gasteiger partial charge in [0.15, 0.2) is 0 Å². The van der Waals surface area contributed by atoms with Crippen molar-refractivity contribution in [1.82, 2.24) is 10.2 Å². The number of hydrogen-bond donors (Lipinski definition) is 1. The van der Waals surface area contributed by atoms with Gasteiger partial charge in [0.05, 0.1) is 12.7 Å². The Hall–Kier alpha value is -2.08. The number of benzene rings is 1. The van der Waals surface area contributed by atoms with E-state index in [9.17, 15) is 9.59 Å². The summed E-state index contributed by atoms with van der Waals surface area (Å²) in [6, 6.07) is 7.21. The Bertz CT molecular complexity index is 520. The van der Waals surface area contributed by atoms with E-state index in [0.717, 1.165) is 5.56 Å². The van der Waals surface area contributed by atoms with Gasteiger partial charge in [-0.05, 0) is 38.5 Å². The van der Waals surface area contributed by atoms with Gasteiger partial charge in [-0.15, -0.1) is 0 Å². The molecule has 0 spiro atoms. The highest BCUT2D eigenvalue weighted by Gasteiger charge is 2.18. The van der Waals surface area contributed by atoms with E-state index in [2.05, 4.69) is 10.1 Å². The van der Waals surface area contributed by atoms with Crippen LogP contribution in [0.1, 0.15) is 36.7 Å². The molecule has 0 aliphatic carbocycles. The fraction of sp³-hybridized carbons (Fsp3) is 0.529. The fourth-order valence-electron chi connectivity index (χ4n) is 1.79. The summed E-state index contributed by atoms with van der Waals surface area (Å²) in [7, 11) is 3.07. The van der Waals surface area contributed by atoms with Crippen molar-refractivity contribution in [3.8, 4) is 0 Å². The lowest BCUT2D eigenvalue weighted by Gasteiger charge is -2.24. The molecule has 1 amide bonds. The standard InChI is InChI=1S/C17H26N2O4/c1-17(2,3)23-16(21)19(4)11-10-18-12-13-6-8-14(9-7-13)15(20)22-5/h6-9,18H,10-12H2,1-5H3. The molecule has 0 saturated heterocycles. The molecule has 1 N–H and O–H groups in total. The van der Waals surface area contributed by atoms with Crippen LogP contribution >= 0.6 is 0 Å². The van der Waals surface area contributed by atoms with E-state index >= 15 is 0 Å². The van der Waals surface area contributed by atoms with Gasteiger partial charge in [-0.25, -0.2) is 9.59 Å². The van der Waals surface area contributed by atoms with Gasteiger partial charge in [0.1, 0.15) is 5.60 Å². The predicted octanol–water partition coefficient (Wildman–Crippen LogP) is 2.43. The molecule has 1 aromatic rings. The van der Waals surface area contributed by atoms with Gasteiger partial charge in [-0.2, -0.15) is 0 Å². The third-order valence-corrected chi connectivity index (χ3v) is 3.03. The Kier molecular flexibility index (Phi) is 7.03. The van der Waals surface area contributed by atoms with Gasteiger partial charge in [0.2, 0.25) is 0 Å². The summed E-state index contributed by atoms with van der Waals surface area (Å²) in [4.78, 5) is 24.7. The van der Waals surface area contributed by atoms with Crippen molar-refractivity contribution < 1.29 is 19.1 Å². The number of nitrogens with one attached hydrogen (secondary N) is 1. The third-order valence-electron chi connectivity index (χ3n) is 3.03. The molecule has 0 unspecified atom stereocenters. The molecule has 128 valence electrons. The Balaban J connectivity index is 2.32. The van der Waals surface area contributed by atoms with E-state index in [4.69, 9.17) is 4.74 Å². The summed E-state index contributed by atoms with van der Waals surface area (Å²) in [5.41, 5.74) is 1.10. The number of methoxy groups -OCH3 is 1. The second kappa shape index (κ2) is 8.53. The van der Waals surface area contributed by atoms with Crippen molar-refractivity contribution in [2.45, 2.75) is 32.9 Å². The topological polar surface area (TPSA) is 67.9 Å². The highest BCUT2D eigenvalue weighted by Crippen LogP contribution is 2.09. The molecule has 6 heteroatoms. The lowest BCUT2D eigenvalue weighted by molar-refractivity contribution is 0.0300. The predicted molar refractivity (Wildman–Crippen MR) is 88.4 cm³/mol. The second-order valence-corrected chi connectivity index (χ2v) is 6.27. The highest BCUT2D eigenvalue weighted by atomic mass is 16.6. The first-order valence-electron chi connectivity index (χ1n) is 7.55. The number of likely N-dealkylation sites (N-methyl/N-ethyl adjacent to an activating group) is 1. The summed E-state index contributed by atoms with van der Waals surface area (Å²) >= 11 is 0. The van der Waals surface area contributed by atoms with Crippen LogP contribution < -0.4 is 5.32 Å². The minimum atomic E-state index is -0.486. The second-order valence-electron chi connectivity index (χ2n) is 6.27. The molecule has 0 bridgehead atoms. The molecule has 0 aliphatic heterocycles. The Morgan fingerprint density at radius 3 is 2.30 bits per heavy atom. The van der Waals surface area contributed by atoms with Crippen LogP contribution in [-0.4, -0.2) is 49.8 Å². The molecule has 0 radical (unpaired) electrons. The molecule has 0 aliphatic rings. The summed E-state index contributed by atoms with van der Waals surface area (Å²) in [6.07, 6.45) is -0.332. The Labute approximate surface area is 137 Å². The van der Waals surface area contributed by atoms with Gasteiger partial charge in [-0.3, -0.25) is 0 Å². The van der Waals surface area contributed by atoms with Crippen molar-refractivity contribution in [2.24, 2.45) is 0 Å². The van der Waals surface area contributed by atoms with E-state index in [1.54, 1.807) is 24.1 Å². The molecule has 0 aromatic heterocycles. The molecule has 1 rings (SSSR count). The zero-order chi connectivity index (χ0) is 17.5. The lowest BCUT2D eigenvalue weighted by atomic mass is 10.1. The van der Waals surface area contributed by atoms with Crippen LogP contribution in [0.2, 0.25) is 0 Å². The van der Waals surface area contributed by atoms with E-state index < -0.39 is 5.60 Å². The molecule has 0 saturated carbocycles. The normalized spacial score (nSPS) is 11.0. The van der Waals surface area contributed by atoms with Crippen LogP contribution in [0.15, 0.2) is 24.3 Å². The number of nitrogens with zero attached hydrogens (tertiary/aromatic N) is 1. The summed E-state index contributed by atoms with van der Waals surface area (Å²) < 4.78 is 9.93. The highest BCUT2D eigenvalue weighted by molar-refractivity contribution is 5.89. The minimum absolute atomic E-state index is 0.332. The largest absolute Gasteiger partial charge is 0.465 e. The number of carbonyl (C=O) groups is 2. The average Bonchev–Trinajstić information content (AvgIpc) is 2.49. The van der Waals surface area contributed by atoms with Crippen LogP contribution in [0.25, 0.3) is 0 Å². The Morgan fingerprint density at radius 1 is 1.17 bits per heavy atom. The van der Waals surface area contributed by atoms with E-state index in [1.807, 2.05) is 32.9 Å². The van der Waals surface area contributed by atoms with E-state index in [1.165, 1.54) is 7.11 Å². The Morgan fingerprint density at radius 2 is 1.78 bits per heavy atom. The quantitative estimate of drug-likeness (QED) is 0.643. The van der Waals surface area contributed by atoms with Gasteiger partial charge in [-0.1, -0.05) is 12.1 Å². The molecule has 0 heterocycles. The van der Waals surface area contributed by atoms with Crippen molar-refractivity contribution in [2.75, 3.05) is 27.2 Å². The summed E-state index contributed by atoms with van der Waals surface area (Å²) in [5.74, 6) is -0.344. The maximum absolute atomic E-state index is 11.8. The smallest absolute Gasteiger partial charge is 0.410 e. The van der Waals surface area contributed by atoms with Crippen LogP contribution in [0.3, 0.4) is 0 Å². The van der Waals surface area contributed by atoms with Crippen molar-refractivity contribution in [3.63, 3.8) is 0 Å². The SMILES string of the molecule is COC(=O)c1ccc(CNCCN(C)C(=O)OC(C)(C)C)cc1. The van der Waals surface area contributed by atoms with Crippen LogP contribution in [0.4, 0.5) is 4.79 Å². The van der Waals surface area contributed by atoms with Crippen LogP contribution in [0, 0.1) is 0 Å². The van der Waals surface area contributed by atoms with Gasteiger partial charge in [0, 0.05) is 26.7 Å². The summed E-state index contributed by atoms with van der Waals surface area (Å²) in [6.45, 7) is 7.38. The van der Waals surface area contributed by atoms with E-state index in [0.29, 0.717) is 25.2 Å². The molecule has 1 aromatic carbocycles. The molecular formula is C17H26N2O4. The zero-order valence-corrected chi connectivity index (χ0v) is 14.5. The fourth-order valence-corrected chi connectivity index (χ4v) is 1.79. The maximum Gasteiger partial charge on any atom is 0.410 e. The summed E-state index contributed by atoms with van der Waals surface area (Å²) in [5, 5.41) is 3.25. The number of carbonyl (C=O) groups excluding carboxylic acids is 2. The van der Waals surface area contributed by atoms with Crippen molar-refractivity contribution >= 4 is 12.1 Å². The number of amides is 1. The third kappa shape index (κ3) is 7.15. The van der Waals surface area contributed by atoms with Crippen molar-refractivity contribution in [1.29, 1.82) is 0 Å². The number of ether oxygens (including phenoxy) is 2. The molecular weight excluding hydrogens is 296 g/mol. The van der Waals surface area contributed by atoms with Crippen molar-refractivity contribution in [3.05, 3.63) is 35.4 Å². The van der Waals surface area contributed by atoms with E-state index in [-0.39, 0.29) is 12.1 Å². The first-order chi connectivity index (χ1) is 10.7. The number of hydrogen-bond acceptors (Lipinski definition) is 5. The number of esters is 1. The molecule has 0 atom stereocenters. The van der Waals surface area contributed by atoms with Crippen LogP contribution in [0.5, 0.6) is 0 Å². The zero-order valence-electron chi connectivity index (χ0n) is 14.5. The minimum Gasteiger partial charge on any atom is -0.465 e. The van der Waals surface area contributed by atoms with Crippen LogP contribution in [-0.2, 0) is 16.0 Å². The molecule has 6 nitrogen and oxygen atoms in total. The molecule has 0 fully saturated rings. The first kappa shape index (κ1) is 19.0. The maximum atomic E-state index is 11.8. The lowest BCUT2D eigenvalue weighted by Crippen LogP contribution is -2.37.